The Balaban J connectivity index is 0.00000324. The van der Waals surface area contributed by atoms with E-state index in [1.165, 1.54) is 24.0 Å². The first-order chi connectivity index (χ1) is 16.2. The van der Waals surface area contributed by atoms with Gasteiger partial charge in [0.05, 0.1) is 19.7 Å². The van der Waals surface area contributed by atoms with E-state index in [1.54, 1.807) is 7.11 Å². The van der Waals surface area contributed by atoms with Crippen LogP contribution in [0.2, 0.25) is 0 Å². The molecule has 0 saturated carbocycles. The number of nitrogens with one attached hydrogen (secondary N) is 3. The number of aliphatic imine (C=N–C) groups is 1. The van der Waals surface area contributed by atoms with Crippen molar-refractivity contribution in [2.24, 2.45) is 4.99 Å². The Labute approximate surface area is 219 Å². The average Bonchev–Trinajstić information content (AvgIpc) is 3.37. The molecule has 1 amide bonds. The first kappa shape index (κ1) is 26.3. The van der Waals surface area contributed by atoms with Crippen LogP contribution in [0.1, 0.15) is 49.3 Å². The molecule has 3 N–H and O–H groups in total. The van der Waals surface area contributed by atoms with Crippen LogP contribution >= 0.6 is 24.0 Å². The molecule has 2 aliphatic heterocycles. The Bertz CT molecular complexity index is 977. The smallest absolute Gasteiger partial charge is 0.225 e. The number of hydrogen-bond donors (Lipinski definition) is 3. The van der Waals surface area contributed by atoms with Crippen LogP contribution in [0.4, 0.5) is 5.69 Å². The molecule has 2 aromatic carbocycles. The second kappa shape index (κ2) is 12.9. The first-order valence-electron chi connectivity index (χ1n) is 12.0. The van der Waals surface area contributed by atoms with Gasteiger partial charge >= 0.3 is 0 Å². The number of amides is 1. The molecule has 34 heavy (non-hydrogen) atoms. The minimum atomic E-state index is 0. The second-order valence-corrected chi connectivity index (χ2v) is 8.67. The number of anilines is 1. The number of fused-ring (bicyclic) bond motifs is 1. The SMILES string of the molecule is CCNC(=NCC(c1cccc(OC)c1)N1CCCC1)NCC1CC(=O)Nc2ccccc21.I. The molecule has 0 aliphatic carbocycles. The van der Waals surface area contributed by atoms with Gasteiger partial charge in [0.25, 0.3) is 0 Å². The topological polar surface area (TPSA) is 78.0 Å². The van der Waals surface area contributed by atoms with Gasteiger partial charge in [0.1, 0.15) is 5.75 Å². The van der Waals surface area contributed by atoms with Gasteiger partial charge in [-0.05, 0) is 62.2 Å². The van der Waals surface area contributed by atoms with E-state index in [2.05, 4.69) is 52.0 Å². The quantitative estimate of drug-likeness (QED) is 0.250. The summed E-state index contributed by atoms with van der Waals surface area (Å²) in [6.07, 6.45) is 2.93. The monoisotopic (exact) mass is 577 g/mol. The summed E-state index contributed by atoms with van der Waals surface area (Å²) in [5.41, 5.74) is 3.31. The molecule has 0 radical (unpaired) electrons. The Morgan fingerprint density at radius 1 is 1.18 bits per heavy atom. The maximum absolute atomic E-state index is 12.2. The number of methoxy groups -OCH3 is 1. The lowest BCUT2D eigenvalue weighted by Gasteiger charge is -2.28. The molecule has 184 valence electrons. The van der Waals surface area contributed by atoms with Crippen molar-refractivity contribution in [3.05, 3.63) is 59.7 Å². The van der Waals surface area contributed by atoms with Crippen molar-refractivity contribution in [1.29, 1.82) is 0 Å². The summed E-state index contributed by atoms with van der Waals surface area (Å²) in [5.74, 6) is 1.84. The molecule has 8 heteroatoms. The van der Waals surface area contributed by atoms with Gasteiger partial charge in [0.15, 0.2) is 5.96 Å². The molecule has 7 nitrogen and oxygen atoms in total. The minimum Gasteiger partial charge on any atom is -0.497 e. The number of halogens is 1. The fourth-order valence-electron chi connectivity index (χ4n) is 4.76. The average molecular weight is 578 g/mol. The standard InChI is InChI=1S/C26H35N5O2.HI/c1-3-27-26(28-17-20-16-25(32)30-23-12-5-4-11-22(20)23)29-18-24(31-13-6-7-14-31)19-9-8-10-21(15-19)33-2;/h4-5,8-12,15,20,24H,3,6-7,13-14,16-18H2,1-2H3,(H,30,32)(H2,27,28,29);1H. The van der Waals surface area contributed by atoms with Crippen molar-refractivity contribution in [2.75, 3.05) is 45.2 Å². The van der Waals surface area contributed by atoms with E-state index in [0.717, 1.165) is 37.0 Å². The molecule has 0 bridgehead atoms. The zero-order valence-corrected chi connectivity index (χ0v) is 22.4. The van der Waals surface area contributed by atoms with Crippen LogP contribution in [-0.2, 0) is 4.79 Å². The molecular formula is C26H36IN5O2. The van der Waals surface area contributed by atoms with Crippen LogP contribution in [0.3, 0.4) is 0 Å². The predicted molar refractivity (Wildman–Crippen MR) is 148 cm³/mol. The Hall–Kier alpha value is -2.33. The largest absolute Gasteiger partial charge is 0.497 e. The van der Waals surface area contributed by atoms with Crippen molar-refractivity contribution >= 4 is 41.5 Å². The summed E-state index contributed by atoms with van der Waals surface area (Å²) in [4.78, 5) is 19.7. The summed E-state index contributed by atoms with van der Waals surface area (Å²) in [5, 5.41) is 9.83. The third-order valence-corrected chi connectivity index (χ3v) is 6.45. The zero-order chi connectivity index (χ0) is 23.0. The third-order valence-electron chi connectivity index (χ3n) is 6.45. The molecule has 1 saturated heterocycles. The van der Waals surface area contributed by atoms with Crippen LogP contribution in [0.5, 0.6) is 5.75 Å². The van der Waals surface area contributed by atoms with Crippen molar-refractivity contribution in [1.82, 2.24) is 15.5 Å². The zero-order valence-electron chi connectivity index (χ0n) is 20.0. The minimum absolute atomic E-state index is 0. The van der Waals surface area contributed by atoms with E-state index in [1.807, 2.05) is 24.3 Å². The Kier molecular flexibility index (Phi) is 10.0. The van der Waals surface area contributed by atoms with Crippen molar-refractivity contribution in [3.8, 4) is 5.75 Å². The van der Waals surface area contributed by atoms with E-state index in [0.29, 0.717) is 19.5 Å². The van der Waals surface area contributed by atoms with Crippen LogP contribution in [0.25, 0.3) is 0 Å². The fraction of sp³-hybridized carbons (Fsp3) is 0.462. The number of likely N-dealkylation sites (tertiary alicyclic amines) is 1. The van der Waals surface area contributed by atoms with Gasteiger partial charge in [0.2, 0.25) is 5.91 Å². The number of para-hydroxylation sites is 1. The molecular weight excluding hydrogens is 541 g/mol. The van der Waals surface area contributed by atoms with Crippen LogP contribution in [0.15, 0.2) is 53.5 Å². The summed E-state index contributed by atoms with van der Waals surface area (Å²) < 4.78 is 5.46. The number of nitrogens with zero attached hydrogens (tertiary/aromatic N) is 2. The predicted octanol–water partition coefficient (Wildman–Crippen LogP) is 4.13. The van der Waals surface area contributed by atoms with E-state index < -0.39 is 0 Å². The normalized spacial score (nSPS) is 18.9. The molecule has 2 aromatic rings. The Morgan fingerprint density at radius 3 is 2.74 bits per heavy atom. The molecule has 2 aliphatic rings. The lowest BCUT2D eigenvalue weighted by Crippen LogP contribution is -2.41. The van der Waals surface area contributed by atoms with Crippen LogP contribution in [-0.4, -0.2) is 56.6 Å². The number of hydrogen-bond acceptors (Lipinski definition) is 4. The van der Waals surface area contributed by atoms with Crippen LogP contribution < -0.4 is 20.7 Å². The molecule has 1 fully saturated rings. The van der Waals surface area contributed by atoms with E-state index in [-0.39, 0.29) is 41.8 Å². The molecule has 0 aromatic heterocycles. The van der Waals surface area contributed by atoms with Crippen molar-refractivity contribution in [3.63, 3.8) is 0 Å². The third kappa shape index (κ3) is 6.63. The van der Waals surface area contributed by atoms with Gasteiger partial charge in [-0.3, -0.25) is 14.7 Å². The van der Waals surface area contributed by atoms with Gasteiger partial charge < -0.3 is 20.7 Å². The molecule has 2 heterocycles. The van der Waals surface area contributed by atoms with Gasteiger partial charge in [-0.2, -0.15) is 0 Å². The fourth-order valence-corrected chi connectivity index (χ4v) is 4.76. The van der Waals surface area contributed by atoms with Gasteiger partial charge in [-0.1, -0.05) is 30.3 Å². The van der Waals surface area contributed by atoms with E-state index in [9.17, 15) is 4.79 Å². The molecule has 4 rings (SSSR count). The molecule has 0 spiro atoms. The highest BCUT2D eigenvalue weighted by Crippen LogP contribution is 2.31. The highest BCUT2D eigenvalue weighted by molar-refractivity contribution is 14.0. The number of carbonyl (C=O) groups excluding carboxylic acids is 1. The van der Waals surface area contributed by atoms with Crippen molar-refractivity contribution < 1.29 is 9.53 Å². The number of ether oxygens (including phenoxy) is 1. The summed E-state index contributed by atoms with van der Waals surface area (Å²) >= 11 is 0. The maximum Gasteiger partial charge on any atom is 0.225 e. The van der Waals surface area contributed by atoms with Gasteiger partial charge in [-0.15, -0.1) is 24.0 Å². The molecule has 2 atom stereocenters. The first-order valence-corrected chi connectivity index (χ1v) is 12.0. The summed E-state index contributed by atoms with van der Waals surface area (Å²) in [6, 6.07) is 16.6. The Morgan fingerprint density at radius 2 is 1.97 bits per heavy atom. The van der Waals surface area contributed by atoms with Gasteiger partial charge in [0, 0.05) is 31.1 Å². The number of benzene rings is 2. The molecule has 2 unspecified atom stereocenters. The summed E-state index contributed by atoms with van der Waals surface area (Å²) in [6.45, 7) is 6.35. The lowest BCUT2D eigenvalue weighted by molar-refractivity contribution is -0.116. The number of rotatable bonds is 8. The van der Waals surface area contributed by atoms with Gasteiger partial charge in [-0.25, -0.2) is 0 Å². The van der Waals surface area contributed by atoms with Crippen molar-refractivity contribution in [2.45, 2.75) is 38.1 Å². The maximum atomic E-state index is 12.2. The van der Waals surface area contributed by atoms with E-state index >= 15 is 0 Å². The number of guanidine groups is 1. The second-order valence-electron chi connectivity index (χ2n) is 8.67. The highest BCUT2D eigenvalue weighted by Gasteiger charge is 2.26. The van der Waals surface area contributed by atoms with Crippen LogP contribution in [0, 0.1) is 0 Å². The lowest BCUT2D eigenvalue weighted by atomic mass is 9.90. The van der Waals surface area contributed by atoms with E-state index in [4.69, 9.17) is 9.73 Å². The highest BCUT2D eigenvalue weighted by atomic mass is 127. The summed E-state index contributed by atoms with van der Waals surface area (Å²) in [7, 11) is 1.71. The number of carbonyl (C=O) groups is 1.